The Morgan fingerprint density at radius 1 is 1.53 bits per heavy atom. The van der Waals surface area contributed by atoms with Crippen molar-refractivity contribution in [1.29, 1.82) is 0 Å². The molecule has 1 rings (SSSR count). The maximum atomic E-state index is 10.9. The summed E-state index contributed by atoms with van der Waals surface area (Å²) in [7, 11) is 3.86. The molecule has 0 aliphatic carbocycles. The topological polar surface area (TPSA) is 44.4 Å². The minimum atomic E-state index is 0.136. The zero-order chi connectivity index (χ0) is 11.1. The first kappa shape index (κ1) is 12.5. The second kappa shape index (κ2) is 6.80. The number of nitrogens with zero attached hydrogens (tertiary/aromatic N) is 1. The van der Waals surface area contributed by atoms with E-state index >= 15 is 0 Å². The SMILES string of the molecule is CNC(=O)CCCNCC1CCN(C)C1. The Morgan fingerprint density at radius 3 is 2.93 bits per heavy atom. The van der Waals surface area contributed by atoms with E-state index in [1.54, 1.807) is 7.05 Å². The Morgan fingerprint density at radius 2 is 2.33 bits per heavy atom. The molecule has 1 saturated heterocycles. The summed E-state index contributed by atoms with van der Waals surface area (Å²) < 4.78 is 0. The highest BCUT2D eigenvalue weighted by Crippen LogP contribution is 2.12. The smallest absolute Gasteiger partial charge is 0.219 e. The van der Waals surface area contributed by atoms with Gasteiger partial charge < -0.3 is 15.5 Å². The molecule has 1 fully saturated rings. The van der Waals surface area contributed by atoms with E-state index in [0.29, 0.717) is 6.42 Å². The maximum Gasteiger partial charge on any atom is 0.219 e. The lowest BCUT2D eigenvalue weighted by Crippen LogP contribution is -2.27. The van der Waals surface area contributed by atoms with Gasteiger partial charge in [0.15, 0.2) is 0 Å². The molecule has 0 radical (unpaired) electrons. The third-order valence-corrected chi connectivity index (χ3v) is 2.96. The van der Waals surface area contributed by atoms with Crippen molar-refractivity contribution in [3.8, 4) is 0 Å². The Hall–Kier alpha value is -0.610. The van der Waals surface area contributed by atoms with E-state index in [9.17, 15) is 4.79 Å². The molecule has 0 spiro atoms. The summed E-state index contributed by atoms with van der Waals surface area (Å²) in [5.41, 5.74) is 0. The van der Waals surface area contributed by atoms with Gasteiger partial charge in [0, 0.05) is 20.0 Å². The summed E-state index contributed by atoms with van der Waals surface area (Å²) in [6, 6.07) is 0. The highest BCUT2D eigenvalue weighted by Gasteiger charge is 2.18. The van der Waals surface area contributed by atoms with E-state index in [1.165, 1.54) is 19.5 Å². The molecule has 0 aromatic carbocycles. The Kier molecular flexibility index (Phi) is 5.65. The van der Waals surface area contributed by atoms with Gasteiger partial charge in [-0.05, 0) is 45.4 Å². The van der Waals surface area contributed by atoms with Crippen LogP contribution in [0.25, 0.3) is 0 Å². The van der Waals surface area contributed by atoms with E-state index in [2.05, 4.69) is 22.6 Å². The van der Waals surface area contributed by atoms with Gasteiger partial charge in [0.05, 0.1) is 0 Å². The van der Waals surface area contributed by atoms with Crippen molar-refractivity contribution in [2.75, 3.05) is 40.3 Å². The molecule has 0 bridgehead atoms. The number of nitrogens with one attached hydrogen (secondary N) is 2. The van der Waals surface area contributed by atoms with Crippen LogP contribution in [0.3, 0.4) is 0 Å². The molecule has 15 heavy (non-hydrogen) atoms. The van der Waals surface area contributed by atoms with Crippen molar-refractivity contribution in [2.24, 2.45) is 5.92 Å². The van der Waals surface area contributed by atoms with Crippen LogP contribution in [0.4, 0.5) is 0 Å². The van der Waals surface area contributed by atoms with Crippen molar-refractivity contribution >= 4 is 5.91 Å². The molecule has 4 nitrogen and oxygen atoms in total. The van der Waals surface area contributed by atoms with Crippen molar-refractivity contribution < 1.29 is 4.79 Å². The molecule has 88 valence electrons. The minimum absolute atomic E-state index is 0.136. The van der Waals surface area contributed by atoms with Gasteiger partial charge in [-0.25, -0.2) is 0 Å². The second-order valence-corrected chi connectivity index (χ2v) is 4.40. The number of hydrogen-bond donors (Lipinski definition) is 2. The average Bonchev–Trinajstić information content (AvgIpc) is 2.63. The van der Waals surface area contributed by atoms with Crippen LogP contribution < -0.4 is 10.6 Å². The van der Waals surface area contributed by atoms with E-state index < -0.39 is 0 Å². The molecular weight excluding hydrogens is 190 g/mol. The van der Waals surface area contributed by atoms with Gasteiger partial charge in [-0.15, -0.1) is 0 Å². The molecule has 1 atom stereocenters. The average molecular weight is 213 g/mol. The minimum Gasteiger partial charge on any atom is -0.359 e. The van der Waals surface area contributed by atoms with Gasteiger partial charge in [0.2, 0.25) is 5.91 Å². The fraction of sp³-hybridized carbons (Fsp3) is 0.909. The molecule has 4 heteroatoms. The molecule has 1 heterocycles. The monoisotopic (exact) mass is 213 g/mol. The molecule has 1 amide bonds. The molecule has 0 saturated carbocycles. The predicted molar refractivity (Wildman–Crippen MR) is 61.8 cm³/mol. The lowest BCUT2D eigenvalue weighted by Gasteiger charge is -2.11. The molecule has 1 unspecified atom stereocenters. The van der Waals surface area contributed by atoms with Gasteiger partial charge >= 0.3 is 0 Å². The molecule has 1 aliphatic heterocycles. The van der Waals surface area contributed by atoms with Crippen LogP contribution in [0.1, 0.15) is 19.3 Å². The summed E-state index contributed by atoms with van der Waals surface area (Å²) in [6.45, 7) is 4.48. The number of amides is 1. The first-order valence-corrected chi connectivity index (χ1v) is 5.82. The molecule has 0 aromatic rings. The summed E-state index contributed by atoms with van der Waals surface area (Å²) in [4.78, 5) is 13.3. The highest BCUT2D eigenvalue weighted by molar-refractivity contribution is 5.75. The molecular formula is C11H23N3O. The zero-order valence-electron chi connectivity index (χ0n) is 9.88. The molecule has 2 N–H and O–H groups in total. The Balaban J connectivity index is 1.91. The fourth-order valence-electron chi connectivity index (χ4n) is 2.00. The first-order chi connectivity index (χ1) is 7.22. The summed E-state index contributed by atoms with van der Waals surface area (Å²) in [5.74, 6) is 0.937. The van der Waals surface area contributed by atoms with Crippen LogP contribution >= 0.6 is 0 Å². The van der Waals surface area contributed by atoms with Crippen LogP contribution in [0.5, 0.6) is 0 Å². The Labute approximate surface area is 92.4 Å². The van der Waals surface area contributed by atoms with E-state index in [-0.39, 0.29) is 5.91 Å². The van der Waals surface area contributed by atoms with Gasteiger partial charge in [-0.1, -0.05) is 0 Å². The van der Waals surface area contributed by atoms with Gasteiger partial charge in [0.25, 0.3) is 0 Å². The number of rotatable bonds is 6. The zero-order valence-corrected chi connectivity index (χ0v) is 9.88. The van der Waals surface area contributed by atoms with Crippen LogP contribution in [0.2, 0.25) is 0 Å². The summed E-state index contributed by atoms with van der Waals surface area (Å²) in [5, 5.41) is 6.05. The lowest BCUT2D eigenvalue weighted by atomic mass is 10.1. The van der Waals surface area contributed by atoms with Crippen molar-refractivity contribution in [3.63, 3.8) is 0 Å². The number of hydrogen-bond acceptors (Lipinski definition) is 3. The predicted octanol–water partition coefficient (Wildman–Crippen LogP) is 0.0539. The Bertz CT molecular complexity index is 196. The second-order valence-electron chi connectivity index (χ2n) is 4.40. The van der Waals surface area contributed by atoms with E-state index in [4.69, 9.17) is 0 Å². The van der Waals surface area contributed by atoms with Gasteiger partial charge in [0.1, 0.15) is 0 Å². The van der Waals surface area contributed by atoms with E-state index in [1.807, 2.05) is 0 Å². The molecule has 0 aromatic heterocycles. The number of likely N-dealkylation sites (tertiary alicyclic amines) is 1. The van der Waals surface area contributed by atoms with Crippen LogP contribution in [-0.4, -0.2) is 51.1 Å². The fourth-order valence-corrected chi connectivity index (χ4v) is 2.00. The normalized spacial score (nSPS) is 21.9. The van der Waals surface area contributed by atoms with Gasteiger partial charge in [-0.2, -0.15) is 0 Å². The number of carbonyl (C=O) groups is 1. The largest absolute Gasteiger partial charge is 0.359 e. The number of carbonyl (C=O) groups excluding carboxylic acids is 1. The quantitative estimate of drug-likeness (QED) is 0.613. The van der Waals surface area contributed by atoms with Crippen LogP contribution in [0, 0.1) is 5.92 Å². The highest BCUT2D eigenvalue weighted by atomic mass is 16.1. The summed E-state index contributed by atoms with van der Waals surface area (Å²) >= 11 is 0. The lowest BCUT2D eigenvalue weighted by molar-refractivity contribution is -0.120. The van der Waals surface area contributed by atoms with Crippen molar-refractivity contribution in [2.45, 2.75) is 19.3 Å². The van der Waals surface area contributed by atoms with Crippen molar-refractivity contribution in [3.05, 3.63) is 0 Å². The third-order valence-electron chi connectivity index (χ3n) is 2.96. The first-order valence-electron chi connectivity index (χ1n) is 5.82. The van der Waals surface area contributed by atoms with Crippen molar-refractivity contribution in [1.82, 2.24) is 15.5 Å². The van der Waals surface area contributed by atoms with Crippen LogP contribution in [0.15, 0.2) is 0 Å². The summed E-state index contributed by atoms with van der Waals surface area (Å²) in [6.07, 6.45) is 2.87. The molecule has 1 aliphatic rings. The van der Waals surface area contributed by atoms with Crippen LogP contribution in [-0.2, 0) is 4.79 Å². The standard InChI is InChI=1S/C11H23N3O/c1-12-11(15)4-3-6-13-8-10-5-7-14(2)9-10/h10,13H,3-9H2,1-2H3,(H,12,15). The third kappa shape index (κ3) is 5.14. The maximum absolute atomic E-state index is 10.9. The van der Waals surface area contributed by atoms with Gasteiger partial charge in [-0.3, -0.25) is 4.79 Å². The van der Waals surface area contributed by atoms with E-state index in [0.717, 1.165) is 25.4 Å².